The van der Waals surface area contributed by atoms with Crippen LogP contribution in [-0.4, -0.2) is 4.98 Å². The van der Waals surface area contributed by atoms with Crippen molar-refractivity contribution >= 4 is 64.6 Å². The first-order chi connectivity index (χ1) is 17.9. The SMILES string of the molecule is c1ccc2c(c1)ccc1c3ccccc3c3cc(-c4ccc5cnccc5c4)c4ccccc4c3c21. The molecule has 166 valence electrons. The van der Waals surface area contributed by atoms with Crippen molar-refractivity contribution in [2.45, 2.75) is 0 Å². The van der Waals surface area contributed by atoms with E-state index in [1.54, 1.807) is 0 Å². The smallest absolute Gasteiger partial charge is 0.0346 e. The van der Waals surface area contributed by atoms with Crippen LogP contribution in [0.2, 0.25) is 0 Å². The van der Waals surface area contributed by atoms with Crippen molar-refractivity contribution in [1.29, 1.82) is 0 Å². The van der Waals surface area contributed by atoms with E-state index in [2.05, 4.69) is 120 Å². The minimum absolute atomic E-state index is 1.16. The first kappa shape index (κ1) is 19.5. The zero-order valence-electron chi connectivity index (χ0n) is 19.6. The van der Waals surface area contributed by atoms with Crippen LogP contribution in [-0.2, 0) is 0 Å². The monoisotopic (exact) mass is 455 g/mol. The first-order valence-electron chi connectivity index (χ1n) is 12.4. The largest absolute Gasteiger partial charge is 0.264 e. The van der Waals surface area contributed by atoms with Crippen LogP contribution >= 0.6 is 0 Å². The normalized spacial score (nSPS) is 11.9. The molecular formula is C35H21N. The molecule has 0 N–H and O–H groups in total. The number of fused-ring (bicyclic) bond motifs is 11. The van der Waals surface area contributed by atoms with Gasteiger partial charge in [0, 0.05) is 17.8 Å². The zero-order chi connectivity index (χ0) is 23.6. The van der Waals surface area contributed by atoms with E-state index in [0.717, 1.165) is 5.39 Å². The van der Waals surface area contributed by atoms with Crippen LogP contribution in [0, 0.1) is 0 Å². The Kier molecular flexibility index (Phi) is 4.00. The summed E-state index contributed by atoms with van der Waals surface area (Å²) in [4.78, 5) is 4.29. The van der Waals surface area contributed by atoms with Crippen LogP contribution in [0.3, 0.4) is 0 Å². The molecule has 1 heteroatoms. The Hall–Kier alpha value is -4.75. The van der Waals surface area contributed by atoms with Gasteiger partial charge in [-0.3, -0.25) is 4.98 Å². The number of aromatic nitrogens is 1. The standard InChI is InChI=1S/C35H21N/c1-2-8-26-22(7-1)15-16-31-27-9-3-4-10-28(27)33-20-32(24-13-14-25-21-36-18-17-23(25)19-24)29-11-5-6-12-30(29)35(33)34(26)31/h1-21H. The summed E-state index contributed by atoms with van der Waals surface area (Å²) in [6, 6.07) is 42.3. The molecule has 8 rings (SSSR count). The third-order valence-corrected chi connectivity index (χ3v) is 7.68. The molecule has 0 radical (unpaired) electrons. The molecule has 1 heterocycles. The number of nitrogens with zero attached hydrogens (tertiary/aromatic N) is 1. The molecule has 8 aromatic rings. The van der Waals surface area contributed by atoms with Gasteiger partial charge in [-0.05, 0) is 88.6 Å². The summed E-state index contributed by atoms with van der Waals surface area (Å²) in [5, 5.41) is 15.4. The maximum Gasteiger partial charge on any atom is 0.0346 e. The second-order valence-corrected chi connectivity index (χ2v) is 9.58. The van der Waals surface area contributed by atoms with Crippen molar-refractivity contribution in [1.82, 2.24) is 4.98 Å². The Morgan fingerprint density at radius 2 is 1.03 bits per heavy atom. The van der Waals surface area contributed by atoms with Gasteiger partial charge in [0.2, 0.25) is 0 Å². The highest BCUT2D eigenvalue weighted by Gasteiger charge is 2.16. The fourth-order valence-electron chi connectivity index (χ4n) is 6.06. The van der Waals surface area contributed by atoms with Gasteiger partial charge >= 0.3 is 0 Å². The van der Waals surface area contributed by atoms with E-state index < -0.39 is 0 Å². The summed E-state index contributed by atoms with van der Waals surface area (Å²) in [6.45, 7) is 0. The van der Waals surface area contributed by atoms with Crippen LogP contribution in [0.25, 0.3) is 75.8 Å². The maximum absolute atomic E-state index is 4.29. The molecule has 0 atom stereocenters. The number of pyridine rings is 1. The fourth-order valence-corrected chi connectivity index (χ4v) is 6.06. The number of hydrogen-bond donors (Lipinski definition) is 0. The van der Waals surface area contributed by atoms with Gasteiger partial charge in [-0.1, -0.05) is 97.1 Å². The quantitative estimate of drug-likeness (QED) is 0.225. The van der Waals surface area contributed by atoms with Gasteiger partial charge in [0.05, 0.1) is 0 Å². The van der Waals surface area contributed by atoms with Gasteiger partial charge < -0.3 is 0 Å². The zero-order valence-corrected chi connectivity index (χ0v) is 19.6. The van der Waals surface area contributed by atoms with Gasteiger partial charge in [0.15, 0.2) is 0 Å². The predicted octanol–water partition coefficient (Wildman–Crippen LogP) is 9.67. The molecule has 1 nitrogen and oxygen atoms in total. The number of hydrogen-bond acceptors (Lipinski definition) is 1. The Labute approximate surface area is 208 Å². The summed E-state index contributed by atoms with van der Waals surface area (Å²) in [6.07, 6.45) is 3.80. The molecule has 1 aromatic heterocycles. The van der Waals surface area contributed by atoms with Gasteiger partial charge in [-0.25, -0.2) is 0 Å². The lowest BCUT2D eigenvalue weighted by molar-refractivity contribution is 1.36. The van der Waals surface area contributed by atoms with Crippen LogP contribution < -0.4 is 0 Å². The third-order valence-electron chi connectivity index (χ3n) is 7.68. The molecule has 0 aliphatic carbocycles. The van der Waals surface area contributed by atoms with Gasteiger partial charge in [-0.15, -0.1) is 0 Å². The van der Waals surface area contributed by atoms with Gasteiger partial charge in [-0.2, -0.15) is 0 Å². The molecule has 0 bridgehead atoms. The van der Waals surface area contributed by atoms with Crippen molar-refractivity contribution in [2.24, 2.45) is 0 Å². The van der Waals surface area contributed by atoms with E-state index >= 15 is 0 Å². The van der Waals surface area contributed by atoms with E-state index in [9.17, 15) is 0 Å². The maximum atomic E-state index is 4.29. The summed E-state index contributed by atoms with van der Waals surface area (Å²) in [7, 11) is 0. The highest BCUT2D eigenvalue weighted by atomic mass is 14.6. The van der Waals surface area contributed by atoms with E-state index in [0.29, 0.717) is 0 Å². The highest BCUT2D eigenvalue weighted by Crippen LogP contribution is 2.44. The molecule has 0 aliphatic heterocycles. The third kappa shape index (κ3) is 2.68. The summed E-state index contributed by atoms with van der Waals surface area (Å²) in [5.41, 5.74) is 2.50. The summed E-state index contributed by atoms with van der Waals surface area (Å²) < 4.78 is 0. The van der Waals surface area contributed by atoms with Crippen LogP contribution in [0.5, 0.6) is 0 Å². The molecule has 0 saturated heterocycles. The predicted molar refractivity (Wildman–Crippen MR) is 155 cm³/mol. The van der Waals surface area contributed by atoms with Crippen molar-refractivity contribution in [3.8, 4) is 11.1 Å². The van der Waals surface area contributed by atoms with Crippen molar-refractivity contribution in [3.05, 3.63) is 128 Å². The lowest BCUT2D eigenvalue weighted by Crippen LogP contribution is -1.90. The molecule has 0 aliphatic rings. The van der Waals surface area contributed by atoms with Crippen molar-refractivity contribution in [3.63, 3.8) is 0 Å². The van der Waals surface area contributed by atoms with Crippen molar-refractivity contribution in [2.75, 3.05) is 0 Å². The Balaban J connectivity index is 1.64. The molecule has 0 saturated carbocycles. The Morgan fingerprint density at radius 3 is 1.89 bits per heavy atom. The topological polar surface area (TPSA) is 12.9 Å². The molecule has 0 spiro atoms. The highest BCUT2D eigenvalue weighted by molar-refractivity contribution is 6.37. The van der Waals surface area contributed by atoms with E-state index in [1.165, 1.54) is 70.4 Å². The summed E-state index contributed by atoms with van der Waals surface area (Å²) in [5.74, 6) is 0. The van der Waals surface area contributed by atoms with E-state index in [4.69, 9.17) is 0 Å². The van der Waals surface area contributed by atoms with E-state index in [1.807, 2.05) is 12.4 Å². The minimum atomic E-state index is 1.16. The van der Waals surface area contributed by atoms with E-state index in [-0.39, 0.29) is 0 Å². The number of rotatable bonds is 1. The molecule has 0 unspecified atom stereocenters. The van der Waals surface area contributed by atoms with Crippen LogP contribution in [0.15, 0.2) is 128 Å². The molecule has 0 fully saturated rings. The second-order valence-electron chi connectivity index (χ2n) is 9.58. The van der Waals surface area contributed by atoms with Crippen molar-refractivity contribution < 1.29 is 0 Å². The average Bonchev–Trinajstić information content (AvgIpc) is 2.96. The van der Waals surface area contributed by atoms with Crippen LogP contribution in [0.4, 0.5) is 0 Å². The average molecular weight is 456 g/mol. The molecular weight excluding hydrogens is 434 g/mol. The fraction of sp³-hybridized carbons (Fsp3) is 0. The molecule has 7 aromatic carbocycles. The van der Waals surface area contributed by atoms with Crippen LogP contribution in [0.1, 0.15) is 0 Å². The number of benzene rings is 7. The minimum Gasteiger partial charge on any atom is -0.264 e. The van der Waals surface area contributed by atoms with Gasteiger partial charge in [0.25, 0.3) is 0 Å². The lowest BCUT2D eigenvalue weighted by atomic mass is 9.86. The summed E-state index contributed by atoms with van der Waals surface area (Å²) >= 11 is 0. The first-order valence-corrected chi connectivity index (χ1v) is 12.4. The molecule has 0 amide bonds. The lowest BCUT2D eigenvalue weighted by Gasteiger charge is -2.17. The second kappa shape index (κ2) is 7.37. The molecule has 36 heavy (non-hydrogen) atoms. The van der Waals surface area contributed by atoms with Gasteiger partial charge in [0.1, 0.15) is 0 Å². The Bertz CT molecular complexity index is 2150. The Morgan fingerprint density at radius 1 is 0.389 bits per heavy atom.